The lowest BCUT2D eigenvalue weighted by molar-refractivity contribution is 0.399. The van der Waals surface area contributed by atoms with Gasteiger partial charge < -0.3 is 5.32 Å². The van der Waals surface area contributed by atoms with Crippen LogP contribution in [-0.2, 0) is 0 Å². The molecule has 1 aliphatic heterocycles. The van der Waals surface area contributed by atoms with Crippen molar-refractivity contribution in [1.29, 1.82) is 0 Å². The second kappa shape index (κ2) is 3.87. The number of rotatable bonds is 3. The Labute approximate surface area is 94.3 Å². The highest BCUT2D eigenvalue weighted by atomic mass is 32.2. The van der Waals surface area contributed by atoms with Gasteiger partial charge in [0.25, 0.3) is 0 Å². The van der Waals surface area contributed by atoms with Crippen molar-refractivity contribution in [3.63, 3.8) is 0 Å². The van der Waals surface area contributed by atoms with Crippen molar-refractivity contribution in [3.8, 4) is 0 Å². The van der Waals surface area contributed by atoms with Gasteiger partial charge in [-0.15, -0.1) is 11.3 Å². The smallest absolute Gasteiger partial charge is 0.0389 e. The van der Waals surface area contributed by atoms with Gasteiger partial charge in [0.15, 0.2) is 0 Å². The fraction of sp³-hybridized carbons (Fsp3) is 0.636. The Kier molecular flexibility index (Phi) is 2.91. The quantitative estimate of drug-likeness (QED) is 0.850. The summed E-state index contributed by atoms with van der Waals surface area (Å²) in [6.07, 6.45) is 0. The van der Waals surface area contributed by atoms with Crippen LogP contribution < -0.4 is 5.32 Å². The SMILES string of the molecule is CC(NC1CSC1(C)C)c1cccs1. The third kappa shape index (κ3) is 2.00. The Morgan fingerprint density at radius 3 is 2.79 bits per heavy atom. The summed E-state index contributed by atoms with van der Waals surface area (Å²) < 4.78 is 0.422. The van der Waals surface area contributed by atoms with Crippen LogP contribution in [0.1, 0.15) is 31.7 Å². The molecule has 3 heteroatoms. The summed E-state index contributed by atoms with van der Waals surface area (Å²) >= 11 is 3.89. The van der Waals surface area contributed by atoms with Crippen molar-refractivity contribution < 1.29 is 0 Å². The predicted molar refractivity (Wildman–Crippen MR) is 66.2 cm³/mol. The average Bonchev–Trinajstić information content (AvgIpc) is 2.65. The standard InChI is InChI=1S/C11H17NS2/c1-8(9-5-4-6-13-9)12-10-7-14-11(10,2)3/h4-6,8,10,12H,7H2,1-3H3. The minimum atomic E-state index is 0.422. The molecule has 78 valence electrons. The Morgan fingerprint density at radius 1 is 1.57 bits per heavy atom. The average molecular weight is 227 g/mol. The van der Waals surface area contributed by atoms with Crippen molar-refractivity contribution in [2.45, 2.75) is 37.6 Å². The van der Waals surface area contributed by atoms with Crippen molar-refractivity contribution in [1.82, 2.24) is 5.32 Å². The Hall–Kier alpha value is 0.01000. The molecule has 0 amide bonds. The van der Waals surface area contributed by atoms with Crippen LogP contribution in [0.3, 0.4) is 0 Å². The molecule has 0 aliphatic carbocycles. The Balaban J connectivity index is 1.92. The largest absolute Gasteiger partial charge is 0.304 e. The van der Waals surface area contributed by atoms with Crippen LogP contribution >= 0.6 is 23.1 Å². The van der Waals surface area contributed by atoms with Crippen LogP contribution in [0, 0.1) is 0 Å². The van der Waals surface area contributed by atoms with Gasteiger partial charge in [-0.2, -0.15) is 11.8 Å². The van der Waals surface area contributed by atoms with Crippen molar-refractivity contribution in [2.75, 3.05) is 5.75 Å². The van der Waals surface area contributed by atoms with E-state index < -0.39 is 0 Å². The zero-order valence-electron chi connectivity index (χ0n) is 8.91. The maximum Gasteiger partial charge on any atom is 0.0389 e. The number of nitrogens with one attached hydrogen (secondary N) is 1. The van der Waals surface area contributed by atoms with E-state index in [0.717, 1.165) is 0 Å². The van der Waals surface area contributed by atoms with E-state index in [-0.39, 0.29) is 0 Å². The third-order valence-electron chi connectivity index (χ3n) is 2.88. The molecule has 0 aromatic carbocycles. The van der Waals surface area contributed by atoms with Crippen LogP contribution in [0.2, 0.25) is 0 Å². The highest BCUT2D eigenvalue weighted by Gasteiger charge is 2.39. The van der Waals surface area contributed by atoms with E-state index >= 15 is 0 Å². The minimum absolute atomic E-state index is 0.422. The molecule has 1 aliphatic rings. The first-order valence-electron chi connectivity index (χ1n) is 5.03. The van der Waals surface area contributed by atoms with Crippen LogP contribution in [0.25, 0.3) is 0 Å². The zero-order chi connectivity index (χ0) is 10.2. The Morgan fingerprint density at radius 2 is 2.36 bits per heavy atom. The molecular formula is C11H17NS2. The highest BCUT2D eigenvalue weighted by molar-refractivity contribution is 8.02. The van der Waals surface area contributed by atoms with E-state index in [1.807, 2.05) is 11.3 Å². The summed E-state index contributed by atoms with van der Waals surface area (Å²) in [5, 5.41) is 5.85. The molecule has 1 aromatic heterocycles. The van der Waals surface area contributed by atoms with Crippen LogP contribution in [0.5, 0.6) is 0 Å². The summed E-state index contributed by atoms with van der Waals surface area (Å²) in [7, 11) is 0. The van der Waals surface area contributed by atoms with Crippen molar-refractivity contribution in [3.05, 3.63) is 22.4 Å². The molecule has 14 heavy (non-hydrogen) atoms. The molecule has 2 rings (SSSR count). The molecular weight excluding hydrogens is 210 g/mol. The first-order chi connectivity index (χ1) is 6.59. The first kappa shape index (κ1) is 10.5. The van der Waals surface area contributed by atoms with E-state index in [4.69, 9.17) is 0 Å². The van der Waals surface area contributed by atoms with E-state index in [2.05, 4.69) is 55.4 Å². The highest BCUT2D eigenvalue weighted by Crippen LogP contribution is 2.41. The number of thioether (sulfide) groups is 1. The van der Waals surface area contributed by atoms with Gasteiger partial charge in [0.2, 0.25) is 0 Å². The molecule has 0 saturated carbocycles. The van der Waals surface area contributed by atoms with Gasteiger partial charge in [0.1, 0.15) is 0 Å². The van der Waals surface area contributed by atoms with Crippen LogP contribution in [0.4, 0.5) is 0 Å². The molecule has 0 spiro atoms. The van der Waals surface area contributed by atoms with Gasteiger partial charge in [-0.05, 0) is 32.2 Å². The molecule has 1 saturated heterocycles. The van der Waals surface area contributed by atoms with Crippen LogP contribution in [-0.4, -0.2) is 16.5 Å². The van der Waals surface area contributed by atoms with Crippen LogP contribution in [0.15, 0.2) is 17.5 Å². The van der Waals surface area contributed by atoms with Gasteiger partial charge in [-0.25, -0.2) is 0 Å². The summed E-state index contributed by atoms with van der Waals surface area (Å²) in [4.78, 5) is 1.44. The summed E-state index contributed by atoms with van der Waals surface area (Å²) in [6, 6.07) is 5.50. The van der Waals surface area contributed by atoms with Gasteiger partial charge in [-0.1, -0.05) is 6.07 Å². The first-order valence-corrected chi connectivity index (χ1v) is 6.89. The molecule has 1 N–H and O–H groups in total. The molecule has 2 heterocycles. The molecule has 2 atom stereocenters. The summed E-state index contributed by atoms with van der Waals surface area (Å²) in [5.41, 5.74) is 0. The fourth-order valence-corrected chi connectivity index (χ4v) is 3.58. The van der Waals surface area contributed by atoms with E-state index in [9.17, 15) is 0 Å². The molecule has 1 nitrogen and oxygen atoms in total. The third-order valence-corrected chi connectivity index (χ3v) is 5.47. The summed E-state index contributed by atoms with van der Waals surface area (Å²) in [5.74, 6) is 1.25. The lowest BCUT2D eigenvalue weighted by Gasteiger charge is -2.45. The van der Waals surface area contributed by atoms with Gasteiger partial charge in [-0.3, -0.25) is 0 Å². The monoisotopic (exact) mass is 227 g/mol. The number of hydrogen-bond acceptors (Lipinski definition) is 3. The van der Waals surface area contributed by atoms with Crippen molar-refractivity contribution in [2.24, 2.45) is 0 Å². The molecule has 1 aromatic rings. The second-order valence-electron chi connectivity index (χ2n) is 4.37. The van der Waals surface area contributed by atoms with Gasteiger partial charge >= 0.3 is 0 Å². The van der Waals surface area contributed by atoms with Gasteiger partial charge in [0, 0.05) is 27.5 Å². The van der Waals surface area contributed by atoms with E-state index in [0.29, 0.717) is 16.8 Å². The van der Waals surface area contributed by atoms with Gasteiger partial charge in [0.05, 0.1) is 0 Å². The number of thiophene rings is 1. The maximum absolute atomic E-state index is 3.70. The fourth-order valence-electron chi connectivity index (χ4n) is 1.67. The number of hydrogen-bond donors (Lipinski definition) is 1. The topological polar surface area (TPSA) is 12.0 Å². The Bertz CT molecular complexity index is 292. The maximum atomic E-state index is 3.70. The normalized spacial score (nSPS) is 26.9. The second-order valence-corrected chi connectivity index (χ2v) is 7.02. The lowest BCUT2D eigenvalue weighted by atomic mass is 10.0. The zero-order valence-corrected chi connectivity index (χ0v) is 10.5. The van der Waals surface area contributed by atoms with E-state index in [1.54, 1.807) is 0 Å². The molecule has 2 unspecified atom stereocenters. The lowest BCUT2D eigenvalue weighted by Crippen LogP contribution is -2.55. The van der Waals surface area contributed by atoms with Crippen molar-refractivity contribution >= 4 is 23.1 Å². The summed E-state index contributed by atoms with van der Waals surface area (Å²) in [6.45, 7) is 6.89. The van der Waals surface area contributed by atoms with E-state index in [1.165, 1.54) is 10.6 Å². The molecule has 0 bridgehead atoms. The molecule has 1 fully saturated rings. The minimum Gasteiger partial charge on any atom is -0.304 e. The molecule has 0 radical (unpaired) electrons. The predicted octanol–water partition coefficient (Wildman–Crippen LogP) is 3.29.